The monoisotopic (exact) mass is 394 g/mol. The van der Waals surface area contributed by atoms with Gasteiger partial charge < -0.3 is 4.98 Å². The highest BCUT2D eigenvalue weighted by molar-refractivity contribution is 7.08. The second kappa shape index (κ2) is 6.35. The molecule has 0 aliphatic rings. The van der Waals surface area contributed by atoms with Crippen LogP contribution in [0.2, 0.25) is 0 Å². The third-order valence-corrected chi connectivity index (χ3v) is 5.72. The largest absolute Gasteiger partial charge is 0.352 e. The second-order valence-corrected chi connectivity index (χ2v) is 7.55. The number of fused-ring (bicyclic) bond motifs is 2. The van der Waals surface area contributed by atoms with Crippen LogP contribution in [-0.4, -0.2) is 30.1 Å². The maximum atomic E-state index is 4.56. The van der Waals surface area contributed by atoms with E-state index in [0.717, 1.165) is 50.0 Å². The molecule has 138 valence electrons. The summed E-state index contributed by atoms with van der Waals surface area (Å²) in [4.78, 5) is 16.6. The number of rotatable bonds is 3. The molecule has 0 aromatic carbocycles. The van der Waals surface area contributed by atoms with Crippen molar-refractivity contribution in [1.82, 2.24) is 30.1 Å². The Balaban J connectivity index is 1.53. The summed E-state index contributed by atoms with van der Waals surface area (Å²) in [5.74, 6) is 0. The van der Waals surface area contributed by atoms with E-state index in [-0.39, 0.29) is 0 Å². The van der Waals surface area contributed by atoms with Crippen LogP contribution in [0.4, 0.5) is 0 Å². The molecule has 0 amide bonds. The summed E-state index contributed by atoms with van der Waals surface area (Å²) < 4.78 is 0. The lowest BCUT2D eigenvalue weighted by molar-refractivity contribution is 1.11. The van der Waals surface area contributed by atoms with Gasteiger partial charge in [-0.1, -0.05) is 0 Å². The summed E-state index contributed by atoms with van der Waals surface area (Å²) in [5, 5.41) is 14.0. The highest BCUT2D eigenvalue weighted by Crippen LogP contribution is 2.34. The second-order valence-electron chi connectivity index (χ2n) is 6.77. The first kappa shape index (κ1) is 16.1. The molecular formula is C22H14N6S. The molecule has 0 radical (unpaired) electrons. The van der Waals surface area contributed by atoms with Crippen LogP contribution in [0.15, 0.2) is 72.1 Å². The predicted molar refractivity (Wildman–Crippen MR) is 116 cm³/mol. The van der Waals surface area contributed by atoms with Crippen molar-refractivity contribution >= 4 is 33.1 Å². The van der Waals surface area contributed by atoms with Gasteiger partial charge in [-0.3, -0.25) is 20.1 Å². The molecular weight excluding hydrogens is 380 g/mol. The summed E-state index contributed by atoms with van der Waals surface area (Å²) >= 11 is 1.68. The minimum atomic E-state index is 0.861. The zero-order valence-corrected chi connectivity index (χ0v) is 15.9. The SMILES string of the molecule is c1cncc(-c2cc3c(-c4cc5c(-c6ccsc6)cncc5[nH]4)n[nH]c3cn2)c1. The fraction of sp³-hybridized carbons (Fsp3) is 0. The van der Waals surface area contributed by atoms with Gasteiger partial charge in [0.25, 0.3) is 0 Å². The summed E-state index contributed by atoms with van der Waals surface area (Å²) in [6.45, 7) is 0. The normalized spacial score (nSPS) is 11.4. The topological polar surface area (TPSA) is 83.1 Å². The van der Waals surface area contributed by atoms with E-state index in [4.69, 9.17) is 0 Å². The van der Waals surface area contributed by atoms with Gasteiger partial charge in [0.2, 0.25) is 0 Å². The number of pyridine rings is 3. The van der Waals surface area contributed by atoms with Crippen molar-refractivity contribution in [3.8, 4) is 33.8 Å². The smallest absolute Gasteiger partial charge is 0.116 e. The van der Waals surface area contributed by atoms with Crippen LogP contribution >= 0.6 is 11.3 Å². The zero-order valence-electron chi connectivity index (χ0n) is 15.1. The number of aromatic amines is 2. The standard InChI is InChI=1S/C22H14N6S/c1-2-13(8-23-4-1)18-7-16-21(11-25-18)27-28-22(16)19-6-15-17(14-3-5-29-12-14)9-24-10-20(15)26-19/h1-12,26H,(H,27,28). The first-order valence-electron chi connectivity index (χ1n) is 9.11. The maximum Gasteiger partial charge on any atom is 0.116 e. The van der Waals surface area contributed by atoms with E-state index in [2.05, 4.69) is 59.1 Å². The Bertz CT molecular complexity index is 1450. The number of hydrogen-bond acceptors (Lipinski definition) is 5. The van der Waals surface area contributed by atoms with E-state index in [1.54, 1.807) is 17.5 Å². The first-order valence-corrected chi connectivity index (χ1v) is 10.1. The molecule has 7 heteroatoms. The molecule has 0 fully saturated rings. The molecule has 29 heavy (non-hydrogen) atoms. The van der Waals surface area contributed by atoms with E-state index in [1.165, 1.54) is 5.56 Å². The van der Waals surface area contributed by atoms with E-state index >= 15 is 0 Å². The third-order valence-electron chi connectivity index (χ3n) is 5.04. The predicted octanol–water partition coefficient (Wildman–Crippen LogP) is 5.29. The van der Waals surface area contributed by atoms with E-state index in [9.17, 15) is 0 Å². The Kier molecular flexibility index (Phi) is 3.54. The molecule has 6 nitrogen and oxygen atoms in total. The number of nitrogens with zero attached hydrogens (tertiary/aromatic N) is 4. The maximum absolute atomic E-state index is 4.56. The molecule has 0 atom stereocenters. The quantitative estimate of drug-likeness (QED) is 0.427. The molecule has 6 aromatic rings. The van der Waals surface area contributed by atoms with Crippen molar-refractivity contribution in [3.63, 3.8) is 0 Å². The number of nitrogens with one attached hydrogen (secondary N) is 2. The van der Waals surface area contributed by atoms with Crippen LogP contribution in [0.1, 0.15) is 0 Å². The molecule has 0 unspecified atom stereocenters. The van der Waals surface area contributed by atoms with Gasteiger partial charge in [0.15, 0.2) is 0 Å². The Hall–Kier alpha value is -3.84. The van der Waals surface area contributed by atoms with Crippen molar-refractivity contribution in [3.05, 3.63) is 72.1 Å². The van der Waals surface area contributed by atoms with Crippen LogP contribution in [-0.2, 0) is 0 Å². The van der Waals surface area contributed by atoms with Crippen molar-refractivity contribution in [2.45, 2.75) is 0 Å². The molecule has 0 bridgehead atoms. The van der Waals surface area contributed by atoms with Gasteiger partial charge in [-0.05, 0) is 46.7 Å². The van der Waals surface area contributed by atoms with Crippen molar-refractivity contribution < 1.29 is 0 Å². The first-order chi connectivity index (χ1) is 14.4. The van der Waals surface area contributed by atoms with Crippen molar-refractivity contribution in [2.75, 3.05) is 0 Å². The van der Waals surface area contributed by atoms with Gasteiger partial charge in [-0.25, -0.2) is 0 Å². The number of aromatic nitrogens is 6. The summed E-state index contributed by atoms with van der Waals surface area (Å²) in [5.41, 5.74) is 7.81. The molecule has 0 aliphatic heterocycles. The molecule has 0 spiro atoms. The number of hydrogen-bond donors (Lipinski definition) is 2. The van der Waals surface area contributed by atoms with Crippen molar-refractivity contribution in [2.24, 2.45) is 0 Å². The van der Waals surface area contributed by atoms with E-state index in [0.29, 0.717) is 0 Å². The summed E-state index contributed by atoms with van der Waals surface area (Å²) in [7, 11) is 0. The average molecular weight is 394 g/mol. The minimum absolute atomic E-state index is 0.861. The molecule has 0 saturated heterocycles. The number of H-pyrrole nitrogens is 2. The van der Waals surface area contributed by atoms with Crippen LogP contribution < -0.4 is 0 Å². The third kappa shape index (κ3) is 2.63. The molecule has 6 heterocycles. The Labute approximate surface area is 169 Å². The van der Waals surface area contributed by atoms with Crippen LogP contribution in [0.3, 0.4) is 0 Å². The Morgan fingerprint density at radius 2 is 1.86 bits per heavy atom. The molecule has 0 saturated carbocycles. The van der Waals surface area contributed by atoms with Gasteiger partial charge in [-0.2, -0.15) is 16.4 Å². The summed E-state index contributed by atoms with van der Waals surface area (Å²) in [6.07, 6.45) is 9.15. The van der Waals surface area contributed by atoms with Gasteiger partial charge in [0.05, 0.1) is 34.8 Å². The van der Waals surface area contributed by atoms with Gasteiger partial charge in [0, 0.05) is 40.5 Å². The molecule has 6 aromatic heterocycles. The van der Waals surface area contributed by atoms with Crippen LogP contribution in [0.5, 0.6) is 0 Å². The van der Waals surface area contributed by atoms with Gasteiger partial charge >= 0.3 is 0 Å². The lowest BCUT2D eigenvalue weighted by atomic mass is 10.1. The molecule has 0 aliphatic carbocycles. The highest BCUT2D eigenvalue weighted by atomic mass is 32.1. The lowest BCUT2D eigenvalue weighted by Crippen LogP contribution is -1.85. The average Bonchev–Trinajstić information content (AvgIpc) is 3.52. The number of thiophene rings is 1. The lowest BCUT2D eigenvalue weighted by Gasteiger charge is -2.00. The fourth-order valence-corrected chi connectivity index (χ4v) is 4.28. The van der Waals surface area contributed by atoms with Gasteiger partial charge in [0.1, 0.15) is 5.69 Å². The van der Waals surface area contributed by atoms with Gasteiger partial charge in [-0.15, -0.1) is 0 Å². The van der Waals surface area contributed by atoms with E-state index in [1.807, 2.05) is 36.9 Å². The Morgan fingerprint density at radius 3 is 2.72 bits per heavy atom. The zero-order chi connectivity index (χ0) is 19.2. The van der Waals surface area contributed by atoms with Crippen molar-refractivity contribution in [1.29, 1.82) is 0 Å². The fourth-order valence-electron chi connectivity index (χ4n) is 3.62. The molecule has 2 N–H and O–H groups in total. The van der Waals surface area contributed by atoms with Crippen LogP contribution in [0.25, 0.3) is 55.6 Å². The minimum Gasteiger partial charge on any atom is -0.352 e. The summed E-state index contributed by atoms with van der Waals surface area (Å²) in [6, 6.07) is 10.2. The molecule has 6 rings (SSSR count). The highest BCUT2D eigenvalue weighted by Gasteiger charge is 2.15. The Morgan fingerprint density at radius 1 is 0.862 bits per heavy atom. The van der Waals surface area contributed by atoms with E-state index < -0.39 is 0 Å². The van der Waals surface area contributed by atoms with Crippen LogP contribution in [0, 0.1) is 0 Å².